The second-order valence-electron chi connectivity index (χ2n) is 5.10. The number of carbonyl (C=O) groups is 2. The van der Waals surface area contributed by atoms with E-state index >= 15 is 0 Å². The molecule has 0 bridgehead atoms. The Morgan fingerprint density at radius 2 is 1.95 bits per heavy atom. The van der Waals surface area contributed by atoms with Gasteiger partial charge in [-0.05, 0) is 26.7 Å². The van der Waals surface area contributed by atoms with Gasteiger partial charge >= 0.3 is 12.5 Å². The van der Waals surface area contributed by atoms with Crippen molar-refractivity contribution in [3.05, 3.63) is 17.0 Å². The van der Waals surface area contributed by atoms with E-state index < -0.39 is 12.5 Å². The van der Waals surface area contributed by atoms with E-state index in [2.05, 4.69) is 10.4 Å². The lowest BCUT2D eigenvalue weighted by molar-refractivity contribution is -0.137. The van der Waals surface area contributed by atoms with Gasteiger partial charge in [0.1, 0.15) is 0 Å². The quantitative estimate of drug-likeness (QED) is 0.684. The summed E-state index contributed by atoms with van der Waals surface area (Å²) in [5, 5.41) is 14.9. The fraction of sp³-hybridized carbons (Fsp3) is 0.643. The molecule has 1 amide bonds. The summed E-state index contributed by atoms with van der Waals surface area (Å²) in [7, 11) is 0. The lowest BCUT2D eigenvalue weighted by Gasteiger charge is -2.06. The van der Waals surface area contributed by atoms with Crippen LogP contribution in [0, 0.1) is 13.8 Å². The summed E-state index contributed by atoms with van der Waals surface area (Å²) in [6, 6.07) is 0. The summed E-state index contributed by atoms with van der Waals surface area (Å²) in [6.45, 7) is 0.838. The van der Waals surface area contributed by atoms with Gasteiger partial charge in [0.2, 0.25) is 5.91 Å². The SMILES string of the molecule is Cc1nn(C(F)F)c(C)c1CC(=O)NCCCCCC(=O)O. The minimum Gasteiger partial charge on any atom is -0.481 e. The molecule has 124 valence electrons. The van der Waals surface area contributed by atoms with Crippen LogP contribution >= 0.6 is 0 Å². The van der Waals surface area contributed by atoms with Crippen molar-refractivity contribution < 1.29 is 23.5 Å². The minimum atomic E-state index is -2.72. The fourth-order valence-electron chi connectivity index (χ4n) is 2.17. The van der Waals surface area contributed by atoms with Crippen molar-refractivity contribution in [1.82, 2.24) is 15.1 Å². The number of hydrogen-bond acceptors (Lipinski definition) is 3. The predicted octanol–water partition coefficient (Wildman–Crippen LogP) is 2.20. The number of carboxylic acids is 1. The number of aromatic nitrogens is 2. The largest absolute Gasteiger partial charge is 0.481 e. The van der Waals surface area contributed by atoms with Crippen molar-refractivity contribution in [3.63, 3.8) is 0 Å². The van der Waals surface area contributed by atoms with Crippen LogP contribution in [0.5, 0.6) is 0 Å². The van der Waals surface area contributed by atoms with Gasteiger partial charge in [0, 0.05) is 24.2 Å². The van der Waals surface area contributed by atoms with Crippen LogP contribution in [0.3, 0.4) is 0 Å². The normalized spacial score (nSPS) is 11.0. The number of aliphatic carboxylic acids is 1. The number of nitrogens with zero attached hydrogens (tertiary/aromatic N) is 2. The molecule has 8 heteroatoms. The Balaban J connectivity index is 2.38. The topological polar surface area (TPSA) is 84.2 Å². The number of halogens is 2. The maximum absolute atomic E-state index is 12.7. The van der Waals surface area contributed by atoms with Crippen LogP contribution in [-0.4, -0.2) is 33.3 Å². The average molecular weight is 317 g/mol. The van der Waals surface area contributed by atoms with Crippen molar-refractivity contribution in [2.45, 2.75) is 52.5 Å². The molecule has 1 aromatic heterocycles. The van der Waals surface area contributed by atoms with Gasteiger partial charge in [-0.2, -0.15) is 13.9 Å². The first-order valence-corrected chi connectivity index (χ1v) is 7.14. The van der Waals surface area contributed by atoms with Crippen molar-refractivity contribution in [2.75, 3.05) is 6.54 Å². The summed E-state index contributed by atoms with van der Waals surface area (Å²) in [5.74, 6) is -1.08. The molecule has 0 unspecified atom stereocenters. The third-order valence-electron chi connectivity index (χ3n) is 3.39. The van der Waals surface area contributed by atoms with Crippen LogP contribution in [0.25, 0.3) is 0 Å². The smallest absolute Gasteiger partial charge is 0.333 e. The molecule has 0 fully saturated rings. The lowest BCUT2D eigenvalue weighted by atomic mass is 10.1. The highest BCUT2D eigenvalue weighted by molar-refractivity contribution is 5.79. The molecule has 1 rings (SSSR count). The van der Waals surface area contributed by atoms with E-state index in [4.69, 9.17) is 5.11 Å². The zero-order chi connectivity index (χ0) is 16.7. The summed E-state index contributed by atoms with van der Waals surface area (Å²) >= 11 is 0. The lowest BCUT2D eigenvalue weighted by Crippen LogP contribution is -2.26. The monoisotopic (exact) mass is 317 g/mol. The molecule has 0 aliphatic heterocycles. The predicted molar refractivity (Wildman–Crippen MR) is 75.8 cm³/mol. The van der Waals surface area contributed by atoms with Crippen LogP contribution < -0.4 is 5.32 Å². The van der Waals surface area contributed by atoms with Gasteiger partial charge in [-0.3, -0.25) is 9.59 Å². The van der Waals surface area contributed by atoms with Crippen LogP contribution in [0.15, 0.2) is 0 Å². The molecule has 0 aliphatic carbocycles. The first kappa shape index (κ1) is 18.1. The highest BCUT2D eigenvalue weighted by Crippen LogP contribution is 2.19. The van der Waals surface area contributed by atoms with E-state index in [-0.39, 0.29) is 18.7 Å². The number of hydrogen-bond donors (Lipinski definition) is 2. The van der Waals surface area contributed by atoms with Crippen LogP contribution in [0.1, 0.15) is 49.2 Å². The second kappa shape index (κ2) is 8.45. The molecule has 0 radical (unpaired) electrons. The highest BCUT2D eigenvalue weighted by atomic mass is 19.3. The van der Waals surface area contributed by atoms with Gasteiger partial charge in [0.15, 0.2) is 0 Å². The fourth-order valence-corrected chi connectivity index (χ4v) is 2.17. The van der Waals surface area contributed by atoms with E-state index in [0.717, 1.165) is 0 Å². The van der Waals surface area contributed by atoms with Crippen LogP contribution in [0.4, 0.5) is 8.78 Å². The standard InChI is InChI=1S/C14H21F2N3O3/c1-9-11(10(2)19(18-9)14(15)16)8-12(20)17-7-5-3-4-6-13(21)22/h14H,3-8H2,1-2H3,(H,17,20)(H,21,22). The molecular formula is C14H21F2N3O3. The zero-order valence-electron chi connectivity index (χ0n) is 12.7. The molecule has 1 heterocycles. The molecule has 0 aliphatic rings. The third kappa shape index (κ3) is 5.42. The third-order valence-corrected chi connectivity index (χ3v) is 3.39. The maximum Gasteiger partial charge on any atom is 0.333 e. The Labute approximate surface area is 127 Å². The Morgan fingerprint density at radius 3 is 2.50 bits per heavy atom. The van der Waals surface area contributed by atoms with Gasteiger partial charge in [-0.1, -0.05) is 6.42 Å². The molecule has 0 atom stereocenters. The molecule has 22 heavy (non-hydrogen) atoms. The van der Waals surface area contributed by atoms with Crippen molar-refractivity contribution >= 4 is 11.9 Å². The van der Waals surface area contributed by atoms with E-state index in [9.17, 15) is 18.4 Å². The molecule has 6 nitrogen and oxygen atoms in total. The zero-order valence-corrected chi connectivity index (χ0v) is 12.7. The Hall–Kier alpha value is -1.99. The molecule has 0 aromatic carbocycles. The average Bonchev–Trinajstić information content (AvgIpc) is 2.70. The number of rotatable bonds is 9. The number of nitrogens with one attached hydrogen (secondary N) is 1. The van der Waals surface area contributed by atoms with E-state index in [1.54, 1.807) is 6.92 Å². The molecule has 1 aromatic rings. The van der Waals surface area contributed by atoms with Crippen LogP contribution in [0.2, 0.25) is 0 Å². The van der Waals surface area contributed by atoms with Gasteiger partial charge in [0.25, 0.3) is 0 Å². The number of unbranched alkanes of at least 4 members (excludes halogenated alkanes) is 2. The van der Waals surface area contributed by atoms with Gasteiger partial charge in [-0.25, -0.2) is 4.68 Å². The number of amides is 1. The summed E-state index contributed by atoms with van der Waals surface area (Å²) in [4.78, 5) is 22.1. The minimum absolute atomic E-state index is 0.0134. The molecular weight excluding hydrogens is 296 g/mol. The Kier molecular flexibility index (Phi) is 6.94. The maximum atomic E-state index is 12.7. The van der Waals surface area contributed by atoms with Crippen LogP contribution in [-0.2, 0) is 16.0 Å². The number of carboxylic acid groups (broad SMARTS) is 1. The second-order valence-corrected chi connectivity index (χ2v) is 5.10. The first-order valence-electron chi connectivity index (χ1n) is 7.14. The summed E-state index contributed by atoms with van der Waals surface area (Å²) in [5.41, 5.74) is 1.24. The number of alkyl halides is 2. The Bertz CT molecular complexity index is 530. The molecule has 0 saturated heterocycles. The van der Waals surface area contributed by atoms with Gasteiger partial charge < -0.3 is 10.4 Å². The number of aryl methyl sites for hydroxylation is 1. The van der Waals surface area contributed by atoms with Gasteiger partial charge in [0.05, 0.1) is 12.1 Å². The summed E-state index contributed by atoms with van der Waals surface area (Å²) in [6.07, 6.45) is 2.12. The van der Waals surface area contributed by atoms with E-state index in [1.807, 2.05) is 0 Å². The highest BCUT2D eigenvalue weighted by Gasteiger charge is 2.18. The van der Waals surface area contributed by atoms with Crippen molar-refractivity contribution in [3.8, 4) is 0 Å². The summed E-state index contributed by atoms with van der Waals surface area (Å²) < 4.78 is 26.0. The van der Waals surface area contributed by atoms with E-state index in [1.165, 1.54) is 6.92 Å². The Morgan fingerprint density at radius 1 is 1.27 bits per heavy atom. The van der Waals surface area contributed by atoms with Gasteiger partial charge in [-0.15, -0.1) is 0 Å². The number of carbonyl (C=O) groups excluding carboxylic acids is 1. The van der Waals surface area contributed by atoms with Crippen molar-refractivity contribution in [1.29, 1.82) is 0 Å². The van der Waals surface area contributed by atoms with E-state index in [0.29, 0.717) is 47.4 Å². The molecule has 0 spiro atoms. The molecule has 0 saturated carbocycles. The van der Waals surface area contributed by atoms with Crippen molar-refractivity contribution in [2.24, 2.45) is 0 Å². The molecule has 2 N–H and O–H groups in total. The first-order chi connectivity index (χ1) is 10.3.